The van der Waals surface area contributed by atoms with E-state index in [-0.39, 0.29) is 18.3 Å². The molecule has 4 nitrogen and oxygen atoms in total. The third-order valence-corrected chi connectivity index (χ3v) is 4.40. The van der Waals surface area contributed by atoms with Gasteiger partial charge in [0.05, 0.1) is 5.56 Å². The molecular formula is C17H20ClF3N2O2. The summed E-state index contributed by atoms with van der Waals surface area (Å²) >= 11 is 5.56. The number of carbonyl (C=O) groups excluding carboxylic acids is 2. The molecule has 1 N–H and O–H groups in total. The van der Waals surface area contributed by atoms with Crippen LogP contribution in [0.5, 0.6) is 0 Å². The second kappa shape index (κ2) is 8.56. The predicted molar refractivity (Wildman–Crippen MR) is 89.5 cm³/mol. The van der Waals surface area contributed by atoms with E-state index < -0.39 is 29.4 Å². The molecule has 1 aliphatic rings. The average Bonchev–Trinajstić information content (AvgIpc) is 2.59. The number of hydrogen-bond acceptors (Lipinski definition) is 2. The molecule has 1 fully saturated rings. The van der Waals surface area contributed by atoms with Crippen LogP contribution in [0.25, 0.3) is 0 Å². The van der Waals surface area contributed by atoms with Gasteiger partial charge in [0.1, 0.15) is 12.4 Å². The summed E-state index contributed by atoms with van der Waals surface area (Å²) in [6.45, 7) is -0.358. The zero-order valence-electron chi connectivity index (χ0n) is 13.6. The van der Waals surface area contributed by atoms with Gasteiger partial charge in [0.25, 0.3) is 0 Å². The van der Waals surface area contributed by atoms with E-state index in [0.717, 1.165) is 49.1 Å². The minimum Gasteiger partial charge on any atom is -0.352 e. The fourth-order valence-corrected chi connectivity index (χ4v) is 3.05. The fourth-order valence-electron chi connectivity index (χ4n) is 2.91. The maximum Gasteiger partial charge on any atom is 0.416 e. The first-order valence-electron chi connectivity index (χ1n) is 8.14. The molecule has 0 spiro atoms. The molecule has 138 valence electrons. The molecule has 0 heterocycles. The molecule has 0 unspecified atom stereocenters. The molecule has 1 aliphatic carbocycles. The number of rotatable bonds is 5. The Morgan fingerprint density at radius 1 is 1.20 bits per heavy atom. The van der Waals surface area contributed by atoms with Gasteiger partial charge >= 0.3 is 6.18 Å². The number of halogens is 4. The van der Waals surface area contributed by atoms with Crippen molar-refractivity contribution in [3.8, 4) is 0 Å². The normalized spacial score (nSPS) is 15.7. The number of nitrogens with one attached hydrogen (secondary N) is 1. The largest absolute Gasteiger partial charge is 0.416 e. The second-order valence-electron chi connectivity index (χ2n) is 6.06. The molecule has 2 amide bonds. The summed E-state index contributed by atoms with van der Waals surface area (Å²) in [4.78, 5) is 25.2. The lowest BCUT2D eigenvalue weighted by Gasteiger charge is -2.26. The Balaban J connectivity index is 2.13. The summed E-state index contributed by atoms with van der Waals surface area (Å²) in [5, 5.41) is 2.84. The standard InChI is InChI=1S/C17H20ClF3N2O2/c18-10-16(25)23(11-15(24)22-13-6-2-1-3-7-13)14-8-4-5-12(9-14)17(19,20)21/h4-5,8-9,13H,1-3,6-7,10-11H2,(H,22,24). The van der Waals surface area contributed by atoms with Crippen LogP contribution in [0, 0.1) is 0 Å². The first-order valence-corrected chi connectivity index (χ1v) is 8.67. The van der Waals surface area contributed by atoms with Gasteiger partial charge in [-0.3, -0.25) is 9.59 Å². The van der Waals surface area contributed by atoms with Crippen molar-refractivity contribution in [3.63, 3.8) is 0 Å². The number of hydrogen-bond donors (Lipinski definition) is 1. The van der Waals surface area contributed by atoms with Crippen LogP contribution in [0.2, 0.25) is 0 Å². The molecule has 8 heteroatoms. The maximum atomic E-state index is 12.9. The number of benzene rings is 1. The summed E-state index contributed by atoms with van der Waals surface area (Å²) in [5.74, 6) is -1.45. The topological polar surface area (TPSA) is 49.4 Å². The van der Waals surface area contributed by atoms with Crippen LogP contribution < -0.4 is 10.2 Å². The van der Waals surface area contributed by atoms with Crippen LogP contribution >= 0.6 is 11.6 Å². The van der Waals surface area contributed by atoms with Crippen LogP contribution in [-0.4, -0.2) is 30.3 Å². The van der Waals surface area contributed by atoms with Gasteiger partial charge in [0.2, 0.25) is 11.8 Å². The van der Waals surface area contributed by atoms with E-state index in [1.807, 2.05) is 0 Å². The Kier molecular flexibility index (Phi) is 6.70. The first kappa shape index (κ1) is 19.6. The quantitative estimate of drug-likeness (QED) is 0.796. The summed E-state index contributed by atoms with van der Waals surface area (Å²) < 4.78 is 38.6. The van der Waals surface area contributed by atoms with E-state index >= 15 is 0 Å². The van der Waals surface area contributed by atoms with Crippen LogP contribution in [0.1, 0.15) is 37.7 Å². The van der Waals surface area contributed by atoms with E-state index in [1.165, 1.54) is 12.1 Å². The van der Waals surface area contributed by atoms with Gasteiger partial charge in [-0.2, -0.15) is 13.2 Å². The van der Waals surface area contributed by atoms with Crippen LogP contribution in [-0.2, 0) is 15.8 Å². The molecule has 0 bridgehead atoms. The Morgan fingerprint density at radius 3 is 2.48 bits per heavy atom. The highest BCUT2D eigenvalue weighted by Crippen LogP contribution is 2.31. The second-order valence-corrected chi connectivity index (χ2v) is 6.33. The highest BCUT2D eigenvalue weighted by molar-refractivity contribution is 6.29. The number of nitrogens with zero attached hydrogens (tertiary/aromatic N) is 1. The van der Waals surface area contributed by atoms with Crippen LogP contribution in [0.3, 0.4) is 0 Å². The fraction of sp³-hybridized carbons (Fsp3) is 0.529. The molecule has 0 saturated heterocycles. The molecule has 0 radical (unpaired) electrons. The van der Waals surface area contributed by atoms with Gasteiger partial charge in [-0.05, 0) is 31.0 Å². The smallest absolute Gasteiger partial charge is 0.352 e. The minimum atomic E-state index is -4.53. The number of amides is 2. The van der Waals surface area contributed by atoms with Gasteiger partial charge < -0.3 is 10.2 Å². The molecule has 0 aromatic heterocycles. The number of alkyl halides is 4. The summed E-state index contributed by atoms with van der Waals surface area (Å²) in [6.07, 6.45) is 0.410. The molecular weight excluding hydrogens is 357 g/mol. The van der Waals surface area contributed by atoms with Gasteiger partial charge in [-0.25, -0.2) is 0 Å². The monoisotopic (exact) mass is 376 g/mol. The van der Waals surface area contributed by atoms with Crippen LogP contribution in [0.4, 0.5) is 18.9 Å². The Morgan fingerprint density at radius 2 is 1.88 bits per heavy atom. The highest BCUT2D eigenvalue weighted by Gasteiger charge is 2.31. The molecule has 1 aromatic carbocycles. The Hall–Kier alpha value is -1.76. The van der Waals surface area contributed by atoms with Crippen molar-refractivity contribution < 1.29 is 22.8 Å². The van der Waals surface area contributed by atoms with E-state index in [2.05, 4.69) is 5.32 Å². The minimum absolute atomic E-state index is 0.000677. The number of carbonyl (C=O) groups is 2. The van der Waals surface area contributed by atoms with Gasteiger partial charge in [-0.15, -0.1) is 11.6 Å². The van der Waals surface area contributed by atoms with Crippen molar-refractivity contribution in [2.75, 3.05) is 17.3 Å². The van der Waals surface area contributed by atoms with Crippen molar-refractivity contribution in [3.05, 3.63) is 29.8 Å². The lowest BCUT2D eigenvalue weighted by molar-refractivity contribution is -0.137. The van der Waals surface area contributed by atoms with Crippen LogP contribution in [0.15, 0.2) is 24.3 Å². The highest BCUT2D eigenvalue weighted by atomic mass is 35.5. The lowest BCUT2D eigenvalue weighted by Crippen LogP contribution is -2.45. The van der Waals surface area contributed by atoms with Crippen molar-refractivity contribution in [1.82, 2.24) is 5.32 Å². The SMILES string of the molecule is O=C(CN(C(=O)CCl)c1cccc(C(F)(F)F)c1)NC1CCCCC1. The third kappa shape index (κ3) is 5.63. The molecule has 0 atom stereocenters. The van der Waals surface area contributed by atoms with Crippen molar-refractivity contribution in [1.29, 1.82) is 0 Å². The Labute approximate surface area is 149 Å². The molecule has 2 rings (SSSR count). The summed E-state index contributed by atoms with van der Waals surface area (Å²) in [5.41, 5.74) is -0.885. The van der Waals surface area contributed by atoms with E-state index in [1.54, 1.807) is 0 Å². The molecule has 25 heavy (non-hydrogen) atoms. The molecule has 0 aliphatic heterocycles. The predicted octanol–water partition coefficient (Wildman–Crippen LogP) is 3.73. The maximum absolute atomic E-state index is 12.9. The van der Waals surface area contributed by atoms with Gasteiger partial charge in [0, 0.05) is 11.7 Å². The lowest BCUT2D eigenvalue weighted by atomic mass is 9.95. The van der Waals surface area contributed by atoms with Crippen molar-refractivity contribution >= 4 is 29.1 Å². The summed E-state index contributed by atoms with van der Waals surface area (Å²) in [6, 6.07) is 4.36. The van der Waals surface area contributed by atoms with Gasteiger partial charge in [0.15, 0.2) is 0 Å². The Bertz CT molecular complexity index is 616. The number of anilines is 1. The zero-order chi connectivity index (χ0) is 18.4. The molecule has 1 aromatic rings. The first-order chi connectivity index (χ1) is 11.8. The zero-order valence-corrected chi connectivity index (χ0v) is 14.4. The van der Waals surface area contributed by atoms with E-state index in [0.29, 0.717) is 0 Å². The summed E-state index contributed by atoms with van der Waals surface area (Å²) in [7, 11) is 0. The van der Waals surface area contributed by atoms with E-state index in [4.69, 9.17) is 11.6 Å². The van der Waals surface area contributed by atoms with Gasteiger partial charge in [-0.1, -0.05) is 25.3 Å². The third-order valence-electron chi connectivity index (χ3n) is 4.17. The average molecular weight is 377 g/mol. The van der Waals surface area contributed by atoms with Crippen molar-refractivity contribution in [2.24, 2.45) is 0 Å². The molecule has 1 saturated carbocycles. The van der Waals surface area contributed by atoms with Crippen molar-refractivity contribution in [2.45, 2.75) is 44.3 Å². The van der Waals surface area contributed by atoms with E-state index in [9.17, 15) is 22.8 Å².